The summed E-state index contributed by atoms with van der Waals surface area (Å²) in [6.45, 7) is 3.69. The molecule has 2 aliphatic rings. The molecule has 6 nitrogen and oxygen atoms in total. The smallest absolute Gasteiger partial charge is 0.254 e. The fraction of sp³-hybridized carbons (Fsp3) is 0.533. The van der Waals surface area contributed by atoms with Crippen molar-refractivity contribution in [2.45, 2.75) is 19.1 Å². The number of carbonyl (C=O) groups is 1. The van der Waals surface area contributed by atoms with Crippen molar-refractivity contribution < 1.29 is 24.1 Å². The summed E-state index contributed by atoms with van der Waals surface area (Å²) in [4.78, 5) is 14.4. The van der Waals surface area contributed by atoms with Crippen LogP contribution in [-0.2, 0) is 4.74 Å². The van der Waals surface area contributed by atoms with E-state index >= 15 is 0 Å². The van der Waals surface area contributed by atoms with Crippen molar-refractivity contribution in [3.63, 3.8) is 0 Å². The predicted octanol–water partition coefficient (Wildman–Crippen LogP) is 0.680. The largest absolute Gasteiger partial charge is 0.486 e. The van der Waals surface area contributed by atoms with Crippen LogP contribution >= 0.6 is 0 Å². The Hall–Kier alpha value is -1.79. The van der Waals surface area contributed by atoms with Crippen LogP contribution in [0.5, 0.6) is 11.5 Å². The van der Waals surface area contributed by atoms with Crippen molar-refractivity contribution in [2.75, 3.05) is 33.0 Å². The summed E-state index contributed by atoms with van der Waals surface area (Å²) in [6, 6.07) is 5.20. The van der Waals surface area contributed by atoms with E-state index in [4.69, 9.17) is 14.2 Å². The summed E-state index contributed by atoms with van der Waals surface area (Å²) < 4.78 is 16.4. The van der Waals surface area contributed by atoms with Gasteiger partial charge in [-0.15, -0.1) is 0 Å². The van der Waals surface area contributed by atoms with Crippen LogP contribution in [0.15, 0.2) is 18.2 Å². The highest BCUT2D eigenvalue weighted by molar-refractivity contribution is 5.95. The van der Waals surface area contributed by atoms with Crippen LogP contribution in [-0.4, -0.2) is 61.0 Å². The molecule has 2 aliphatic heterocycles. The van der Waals surface area contributed by atoms with Gasteiger partial charge in [0.05, 0.1) is 25.4 Å². The summed E-state index contributed by atoms with van der Waals surface area (Å²) >= 11 is 0. The SMILES string of the molecule is CC1COC(CO)CN1C(=O)c1ccc2c(c1)OCCO2. The zero-order valence-electron chi connectivity index (χ0n) is 11.9. The van der Waals surface area contributed by atoms with Gasteiger partial charge in [-0.2, -0.15) is 0 Å². The van der Waals surface area contributed by atoms with Gasteiger partial charge in [-0.05, 0) is 25.1 Å². The Balaban J connectivity index is 1.80. The molecule has 1 aromatic rings. The van der Waals surface area contributed by atoms with Crippen molar-refractivity contribution >= 4 is 5.91 Å². The van der Waals surface area contributed by atoms with E-state index < -0.39 is 0 Å². The molecular formula is C15H19NO5. The van der Waals surface area contributed by atoms with E-state index in [0.717, 1.165) is 0 Å². The maximum absolute atomic E-state index is 12.6. The molecule has 2 heterocycles. The average Bonchev–Trinajstić information content (AvgIpc) is 2.54. The predicted molar refractivity (Wildman–Crippen MR) is 74.8 cm³/mol. The number of morpholine rings is 1. The van der Waals surface area contributed by atoms with Gasteiger partial charge in [0.1, 0.15) is 13.2 Å². The minimum atomic E-state index is -0.317. The number of benzene rings is 1. The van der Waals surface area contributed by atoms with Gasteiger partial charge in [-0.3, -0.25) is 4.79 Å². The summed E-state index contributed by atoms with van der Waals surface area (Å²) in [5, 5.41) is 9.21. The number of amides is 1. The standard InChI is InChI=1S/C15H19NO5/c1-10-9-21-12(8-17)7-16(10)15(18)11-2-3-13-14(6-11)20-5-4-19-13/h2-3,6,10,12,17H,4-5,7-9H2,1H3. The molecule has 3 rings (SSSR count). The van der Waals surface area contributed by atoms with E-state index in [1.54, 1.807) is 23.1 Å². The topological polar surface area (TPSA) is 68.2 Å². The Labute approximate surface area is 123 Å². The van der Waals surface area contributed by atoms with E-state index in [-0.39, 0.29) is 24.7 Å². The molecule has 0 aliphatic carbocycles. The van der Waals surface area contributed by atoms with Crippen LogP contribution in [0.3, 0.4) is 0 Å². The number of rotatable bonds is 2. The van der Waals surface area contributed by atoms with Crippen molar-refractivity contribution in [2.24, 2.45) is 0 Å². The van der Waals surface area contributed by atoms with Gasteiger partial charge in [0.25, 0.3) is 5.91 Å². The second-order valence-electron chi connectivity index (χ2n) is 5.30. The quantitative estimate of drug-likeness (QED) is 0.868. The number of hydrogen-bond donors (Lipinski definition) is 1. The van der Waals surface area contributed by atoms with Crippen molar-refractivity contribution in [3.05, 3.63) is 23.8 Å². The molecule has 21 heavy (non-hydrogen) atoms. The molecule has 0 spiro atoms. The van der Waals surface area contributed by atoms with Crippen molar-refractivity contribution in [3.8, 4) is 11.5 Å². The Kier molecular flexibility index (Phi) is 3.98. The summed E-state index contributed by atoms with van der Waals surface area (Å²) in [6.07, 6.45) is -0.317. The van der Waals surface area contributed by atoms with Gasteiger partial charge < -0.3 is 24.2 Å². The number of hydrogen-bond acceptors (Lipinski definition) is 5. The lowest BCUT2D eigenvalue weighted by Crippen LogP contribution is -2.52. The van der Waals surface area contributed by atoms with E-state index in [9.17, 15) is 9.90 Å². The van der Waals surface area contributed by atoms with E-state index in [1.807, 2.05) is 6.92 Å². The van der Waals surface area contributed by atoms with Crippen LogP contribution in [0.4, 0.5) is 0 Å². The second-order valence-corrected chi connectivity index (χ2v) is 5.30. The molecule has 0 saturated carbocycles. The summed E-state index contributed by atoms with van der Waals surface area (Å²) in [5.41, 5.74) is 0.560. The van der Waals surface area contributed by atoms with Gasteiger partial charge in [0.2, 0.25) is 0 Å². The Morgan fingerprint density at radius 3 is 2.86 bits per heavy atom. The van der Waals surface area contributed by atoms with Crippen LogP contribution < -0.4 is 9.47 Å². The Bertz CT molecular complexity index is 533. The Morgan fingerprint density at radius 2 is 2.10 bits per heavy atom. The highest BCUT2D eigenvalue weighted by atomic mass is 16.6. The highest BCUT2D eigenvalue weighted by Gasteiger charge is 2.30. The minimum absolute atomic E-state index is 0.0199. The van der Waals surface area contributed by atoms with Gasteiger partial charge >= 0.3 is 0 Å². The summed E-state index contributed by atoms with van der Waals surface area (Å²) in [7, 11) is 0. The molecular weight excluding hydrogens is 274 g/mol. The fourth-order valence-corrected chi connectivity index (χ4v) is 2.55. The molecule has 1 N–H and O–H groups in total. The molecule has 2 unspecified atom stereocenters. The maximum Gasteiger partial charge on any atom is 0.254 e. The third-order valence-electron chi connectivity index (χ3n) is 3.76. The maximum atomic E-state index is 12.6. The first-order valence-electron chi connectivity index (χ1n) is 7.12. The third kappa shape index (κ3) is 2.82. The molecule has 1 fully saturated rings. The number of ether oxygens (including phenoxy) is 3. The lowest BCUT2D eigenvalue weighted by molar-refractivity contribution is -0.0667. The van der Waals surface area contributed by atoms with Gasteiger partial charge in [-0.1, -0.05) is 0 Å². The van der Waals surface area contributed by atoms with Gasteiger partial charge in [-0.25, -0.2) is 0 Å². The first-order chi connectivity index (χ1) is 10.2. The number of aliphatic hydroxyl groups excluding tert-OH is 1. The number of aliphatic hydroxyl groups is 1. The summed E-state index contributed by atoms with van der Waals surface area (Å²) in [5.74, 6) is 1.19. The van der Waals surface area contributed by atoms with Crippen LogP contribution in [0.25, 0.3) is 0 Å². The molecule has 1 aromatic carbocycles. The zero-order valence-corrected chi connectivity index (χ0v) is 11.9. The van der Waals surface area contributed by atoms with E-state index in [2.05, 4.69) is 0 Å². The zero-order chi connectivity index (χ0) is 14.8. The number of carbonyl (C=O) groups excluding carboxylic acids is 1. The third-order valence-corrected chi connectivity index (χ3v) is 3.76. The first-order valence-corrected chi connectivity index (χ1v) is 7.12. The molecule has 1 amide bonds. The lowest BCUT2D eigenvalue weighted by atomic mass is 10.1. The molecule has 0 bridgehead atoms. The van der Waals surface area contributed by atoms with Crippen molar-refractivity contribution in [1.29, 1.82) is 0 Å². The van der Waals surface area contributed by atoms with E-state index in [0.29, 0.717) is 43.4 Å². The second kappa shape index (κ2) is 5.91. The van der Waals surface area contributed by atoms with Gasteiger partial charge in [0, 0.05) is 12.1 Å². The molecule has 1 saturated heterocycles. The Morgan fingerprint density at radius 1 is 1.33 bits per heavy atom. The molecule has 0 radical (unpaired) electrons. The lowest BCUT2D eigenvalue weighted by Gasteiger charge is -2.37. The highest BCUT2D eigenvalue weighted by Crippen LogP contribution is 2.31. The average molecular weight is 293 g/mol. The van der Waals surface area contributed by atoms with E-state index in [1.165, 1.54) is 0 Å². The molecule has 114 valence electrons. The molecule has 2 atom stereocenters. The first kappa shape index (κ1) is 14.2. The van der Waals surface area contributed by atoms with Crippen LogP contribution in [0, 0.1) is 0 Å². The minimum Gasteiger partial charge on any atom is -0.486 e. The van der Waals surface area contributed by atoms with Crippen LogP contribution in [0.2, 0.25) is 0 Å². The fourth-order valence-electron chi connectivity index (χ4n) is 2.55. The normalized spacial score (nSPS) is 24.8. The number of fused-ring (bicyclic) bond motifs is 1. The molecule has 6 heteroatoms. The monoisotopic (exact) mass is 293 g/mol. The van der Waals surface area contributed by atoms with Crippen LogP contribution in [0.1, 0.15) is 17.3 Å². The van der Waals surface area contributed by atoms with Crippen molar-refractivity contribution in [1.82, 2.24) is 4.90 Å². The number of nitrogens with zero attached hydrogens (tertiary/aromatic N) is 1. The molecule has 0 aromatic heterocycles. The van der Waals surface area contributed by atoms with Gasteiger partial charge in [0.15, 0.2) is 11.5 Å².